The van der Waals surface area contributed by atoms with Crippen LogP contribution in [0.5, 0.6) is 11.5 Å². The third kappa shape index (κ3) is 9.92. The Hall–Kier alpha value is -0.636. The predicted octanol–water partition coefficient (Wildman–Crippen LogP) is 5.38. The molecule has 0 spiro atoms. The van der Waals surface area contributed by atoms with Crippen molar-refractivity contribution in [2.45, 2.75) is 58.0 Å². The molecule has 0 saturated heterocycles. The molecule has 0 aliphatic rings. The summed E-state index contributed by atoms with van der Waals surface area (Å²) in [6.07, 6.45) is 0. The van der Waals surface area contributed by atoms with Crippen LogP contribution in [0.4, 0.5) is 0 Å². The molecular formula is C18H35O6PSi2. The lowest BCUT2D eigenvalue weighted by molar-refractivity contribution is 0.165. The van der Waals surface area contributed by atoms with Crippen molar-refractivity contribution < 1.29 is 28.0 Å². The summed E-state index contributed by atoms with van der Waals surface area (Å²) < 4.78 is 35.3. The number of aliphatic hydroxyl groups excluding tert-OH is 1. The monoisotopic (exact) mass is 434 g/mol. The largest absolute Gasteiger partial charge is 0.530 e. The van der Waals surface area contributed by atoms with Crippen molar-refractivity contribution in [1.29, 1.82) is 0 Å². The van der Waals surface area contributed by atoms with E-state index in [9.17, 15) is 9.67 Å². The van der Waals surface area contributed by atoms with E-state index in [2.05, 4.69) is 39.3 Å². The van der Waals surface area contributed by atoms with Crippen molar-refractivity contribution in [2.24, 2.45) is 0 Å². The van der Waals surface area contributed by atoms with Gasteiger partial charge in [-0.3, -0.25) is 9.05 Å². The molecule has 0 unspecified atom stereocenters. The summed E-state index contributed by atoms with van der Waals surface area (Å²) in [6, 6.07) is 6.65. The highest BCUT2D eigenvalue weighted by Crippen LogP contribution is 2.51. The summed E-state index contributed by atoms with van der Waals surface area (Å²) in [6.45, 7) is 13.7. The third-order valence-corrected chi connectivity index (χ3v) is 8.68. The number of ether oxygens (including phenoxy) is 1. The molecule has 0 aliphatic carbocycles. The van der Waals surface area contributed by atoms with Gasteiger partial charge in [-0.2, -0.15) is 0 Å². The fraction of sp³-hybridized carbons (Fsp3) is 0.667. The summed E-state index contributed by atoms with van der Waals surface area (Å²) in [5, 5.41) is 9.60. The smallest absolute Gasteiger partial charge is 0.497 e. The fourth-order valence-electron chi connectivity index (χ4n) is 2.03. The molecule has 1 aromatic rings. The Morgan fingerprint density at radius 3 is 1.89 bits per heavy atom. The Balaban J connectivity index is 2.94. The van der Waals surface area contributed by atoms with Crippen molar-refractivity contribution in [1.82, 2.24) is 0 Å². The molecule has 0 fully saturated rings. The number of hydrogen-bond donors (Lipinski definition) is 1. The van der Waals surface area contributed by atoms with Gasteiger partial charge in [-0.05, 0) is 30.3 Å². The summed E-state index contributed by atoms with van der Waals surface area (Å²) in [5.74, 6) is 0.864. The van der Waals surface area contributed by atoms with Gasteiger partial charge in [0.1, 0.15) is 11.5 Å². The molecule has 1 aromatic carbocycles. The van der Waals surface area contributed by atoms with Crippen LogP contribution < -0.4 is 9.26 Å². The Bertz CT molecular complexity index is 616. The van der Waals surface area contributed by atoms with E-state index in [1.54, 1.807) is 25.3 Å². The van der Waals surface area contributed by atoms with E-state index < -0.39 is 24.0 Å². The molecule has 0 aliphatic heterocycles. The fourth-order valence-corrected chi connectivity index (χ4v) is 5.03. The van der Waals surface area contributed by atoms with Gasteiger partial charge in [0, 0.05) is 21.7 Å². The van der Waals surface area contributed by atoms with Crippen LogP contribution in [0.1, 0.15) is 5.56 Å². The van der Waals surface area contributed by atoms with E-state index in [-0.39, 0.29) is 12.4 Å². The average molecular weight is 435 g/mol. The van der Waals surface area contributed by atoms with Gasteiger partial charge in [-0.25, -0.2) is 4.57 Å². The second-order valence-corrected chi connectivity index (χ2v) is 21.8. The van der Waals surface area contributed by atoms with Crippen LogP contribution >= 0.6 is 7.82 Å². The van der Waals surface area contributed by atoms with Crippen LogP contribution in [0.3, 0.4) is 0 Å². The first-order valence-corrected chi connectivity index (χ1v) is 18.1. The molecule has 0 saturated carbocycles. The van der Waals surface area contributed by atoms with Gasteiger partial charge in [0.25, 0.3) is 0 Å². The van der Waals surface area contributed by atoms with Crippen LogP contribution in [0.25, 0.3) is 0 Å². The van der Waals surface area contributed by atoms with Crippen molar-refractivity contribution >= 4 is 24.0 Å². The Labute approximate surface area is 165 Å². The summed E-state index contributed by atoms with van der Waals surface area (Å²) in [4.78, 5) is 0. The molecule has 0 atom stereocenters. The van der Waals surface area contributed by atoms with Crippen molar-refractivity contribution in [3.8, 4) is 11.5 Å². The topological polar surface area (TPSA) is 74.2 Å². The maximum Gasteiger partial charge on any atom is 0.530 e. The van der Waals surface area contributed by atoms with Gasteiger partial charge in [0.2, 0.25) is 0 Å². The highest BCUT2D eigenvalue weighted by atomic mass is 31.2. The van der Waals surface area contributed by atoms with Crippen LogP contribution in [0, 0.1) is 0 Å². The molecule has 27 heavy (non-hydrogen) atoms. The van der Waals surface area contributed by atoms with E-state index in [0.717, 1.165) is 12.1 Å². The zero-order valence-electron chi connectivity index (χ0n) is 17.7. The van der Waals surface area contributed by atoms with E-state index in [1.165, 1.54) is 0 Å². The van der Waals surface area contributed by atoms with Gasteiger partial charge in [-0.15, -0.1) is 0 Å². The van der Waals surface area contributed by atoms with Gasteiger partial charge >= 0.3 is 7.82 Å². The lowest BCUT2D eigenvalue weighted by Crippen LogP contribution is -2.23. The van der Waals surface area contributed by atoms with Crippen LogP contribution in [0.15, 0.2) is 18.2 Å². The molecule has 156 valence electrons. The molecule has 0 bridgehead atoms. The van der Waals surface area contributed by atoms with E-state index in [0.29, 0.717) is 24.5 Å². The highest BCUT2D eigenvalue weighted by Gasteiger charge is 2.31. The average Bonchev–Trinajstić information content (AvgIpc) is 2.52. The number of phosphoric acid groups is 1. The Kier molecular flexibility index (Phi) is 9.25. The molecule has 0 heterocycles. The van der Waals surface area contributed by atoms with Crippen molar-refractivity contribution in [3.05, 3.63) is 23.8 Å². The van der Waals surface area contributed by atoms with Crippen molar-refractivity contribution in [2.75, 3.05) is 20.3 Å². The maximum atomic E-state index is 13.2. The third-order valence-electron chi connectivity index (χ3n) is 3.85. The number of benzene rings is 1. The minimum absolute atomic E-state index is 0.268. The van der Waals surface area contributed by atoms with E-state index in [1.807, 2.05) is 0 Å². The lowest BCUT2D eigenvalue weighted by atomic mass is 10.2. The first kappa shape index (κ1) is 24.4. The SMILES string of the molecule is COc1ccc(OP(=O)(OCC[Si](C)(C)C)OCC[Si](C)(C)C)c(CO)c1. The maximum absolute atomic E-state index is 13.2. The molecule has 0 radical (unpaired) electrons. The predicted molar refractivity (Wildman–Crippen MR) is 115 cm³/mol. The summed E-state index contributed by atoms with van der Waals surface area (Å²) in [7, 11) is -4.94. The van der Waals surface area contributed by atoms with Gasteiger partial charge in [0.05, 0.1) is 26.9 Å². The van der Waals surface area contributed by atoms with Crippen LogP contribution in [-0.2, 0) is 20.2 Å². The Morgan fingerprint density at radius 2 is 1.48 bits per heavy atom. The Morgan fingerprint density at radius 1 is 0.963 bits per heavy atom. The van der Waals surface area contributed by atoms with E-state index in [4.69, 9.17) is 18.3 Å². The molecular weight excluding hydrogens is 399 g/mol. The quantitative estimate of drug-likeness (QED) is 0.351. The lowest BCUT2D eigenvalue weighted by Gasteiger charge is -2.23. The van der Waals surface area contributed by atoms with Crippen molar-refractivity contribution in [3.63, 3.8) is 0 Å². The van der Waals surface area contributed by atoms with Gasteiger partial charge < -0.3 is 14.4 Å². The normalized spacial score (nSPS) is 12.9. The molecule has 0 amide bonds. The molecule has 6 nitrogen and oxygen atoms in total. The summed E-state index contributed by atoms with van der Waals surface area (Å²) in [5.41, 5.74) is 0.470. The zero-order chi connectivity index (χ0) is 20.7. The number of hydrogen-bond acceptors (Lipinski definition) is 6. The minimum atomic E-state index is -3.78. The molecule has 9 heteroatoms. The van der Waals surface area contributed by atoms with Crippen LogP contribution in [0.2, 0.25) is 51.4 Å². The number of phosphoric ester groups is 1. The number of aliphatic hydroxyl groups is 1. The molecule has 0 aromatic heterocycles. The van der Waals surface area contributed by atoms with Gasteiger partial charge in [0.15, 0.2) is 0 Å². The minimum Gasteiger partial charge on any atom is -0.497 e. The summed E-state index contributed by atoms with van der Waals surface area (Å²) >= 11 is 0. The van der Waals surface area contributed by atoms with Crippen LogP contribution in [-0.4, -0.2) is 41.6 Å². The zero-order valence-corrected chi connectivity index (χ0v) is 20.6. The van der Waals surface area contributed by atoms with Gasteiger partial charge in [-0.1, -0.05) is 39.3 Å². The first-order valence-electron chi connectivity index (χ1n) is 9.24. The first-order chi connectivity index (χ1) is 12.4. The number of methoxy groups -OCH3 is 1. The highest BCUT2D eigenvalue weighted by molar-refractivity contribution is 7.49. The standard InChI is InChI=1S/C18H35O6PSi2/c1-21-17-8-9-18(16(14-17)15-19)24-25(20,22-10-12-26(2,3)4)23-11-13-27(5,6)7/h8-9,14,19H,10-13,15H2,1-7H3. The molecule has 1 rings (SSSR count). The second kappa shape index (κ2) is 10.2. The molecule has 1 N–H and O–H groups in total. The van der Waals surface area contributed by atoms with E-state index >= 15 is 0 Å². The second-order valence-electron chi connectivity index (χ2n) is 8.96. The number of rotatable bonds is 12.